The van der Waals surface area contributed by atoms with Crippen LogP contribution >= 0.6 is 11.8 Å². The molecular formula is C52H51N5O13S. The molecule has 1 saturated heterocycles. The fraction of sp³-hybridized carbons (Fsp3) is 0.250. The molecule has 0 radical (unpaired) electrons. The molecule has 18 nitrogen and oxygen atoms in total. The summed E-state index contributed by atoms with van der Waals surface area (Å²) in [7, 11) is 0. The fourth-order valence-corrected chi connectivity index (χ4v) is 8.86. The number of aliphatic hydroxyl groups excluding tert-OH is 1. The van der Waals surface area contributed by atoms with Gasteiger partial charge in [-0.2, -0.15) is 0 Å². The number of aliphatic hydroxyl groups is 1. The molecule has 2 heterocycles. The third-order valence-corrected chi connectivity index (χ3v) is 12.2. The molecule has 5 amide bonds. The molecule has 2 aliphatic rings. The summed E-state index contributed by atoms with van der Waals surface area (Å²) < 4.78 is 27.7. The Morgan fingerprint density at radius 2 is 1.21 bits per heavy atom. The van der Waals surface area contributed by atoms with E-state index in [1.54, 1.807) is 118 Å². The summed E-state index contributed by atoms with van der Waals surface area (Å²) in [5, 5.41) is 17.8. The Bertz CT molecular complexity index is 2660. The standard InChI is InChI=1S/C52H51N5O13S/c1-52(2,3)70-51(65)55-38(47(61)68-42(32-16-8-4-9-17-32)33-18-10-5-11-19-33)29-67-50(64)54-37-26-24-31(25-27-37)41(58)44(59)56-39-45(60)57-40(36(28-66-49(53)63)30-71-46(39)57)48(62)69-43(34-20-12-6-13-21-34)35-22-14-7-15-23-35/h4-27,38-39,41-43,46,58H,28-30H2,1-3H3,(H2,53,63)(H,54,64)(H,55,65)(H,56,59)/t38?,39-,41-,46-/m1/s1. The lowest BCUT2D eigenvalue weighted by molar-refractivity contribution is -0.155. The third-order valence-electron chi connectivity index (χ3n) is 10.9. The maximum atomic E-state index is 14.1. The van der Waals surface area contributed by atoms with Gasteiger partial charge in [0.1, 0.15) is 35.9 Å². The predicted molar refractivity (Wildman–Crippen MR) is 259 cm³/mol. The van der Waals surface area contributed by atoms with Gasteiger partial charge >= 0.3 is 30.2 Å². The van der Waals surface area contributed by atoms with Crippen LogP contribution in [-0.4, -0.2) is 94.1 Å². The molecule has 0 aromatic heterocycles. The number of ether oxygens (including phenoxy) is 5. The highest BCUT2D eigenvalue weighted by atomic mass is 32.2. The summed E-state index contributed by atoms with van der Waals surface area (Å²) in [5.41, 5.74) is 7.35. The molecule has 19 heteroatoms. The minimum absolute atomic E-state index is 0.0972. The zero-order chi connectivity index (χ0) is 50.7. The van der Waals surface area contributed by atoms with Crippen LogP contribution in [0.15, 0.2) is 157 Å². The molecule has 368 valence electrons. The van der Waals surface area contributed by atoms with E-state index in [4.69, 9.17) is 29.4 Å². The van der Waals surface area contributed by atoms with E-state index in [1.807, 2.05) is 24.3 Å². The molecule has 0 saturated carbocycles. The van der Waals surface area contributed by atoms with Gasteiger partial charge in [-0.1, -0.05) is 133 Å². The van der Waals surface area contributed by atoms with E-state index in [2.05, 4.69) is 16.0 Å². The van der Waals surface area contributed by atoms with Crippen molar-refractivity contribution in [1.82, 2.24) is 15.5 Å². The number of benzene rings is 5. The van der Waals surface area contributed by atoms with Crippen LogP contribution in [-0.2, 0) is 42.9 Å². The number of β-lactam (4-membered cyclic amide) rings is 1. The number of carbonyl (C=O) groups excluding carboxylic acids is 7. The average molecular weight is 986 g/mol. The van der Waals surface area contributed by atoms with Crippen molar-refractivity contribution in [3.63, 3.8) is 0 Å². The van der Waals surface area contributed by atoms with E-state index >= 15 is 0 Å². The SMILES string of the molecule is CC(C)(C)OC(=O)NC(COC(=O)Nc1ccc([C@@H](O)C(=O)N[C@@H]2C(=O)N3C(C(=O)OC(c4ccccc4)c4ccccc4)=C(COC(N)=O)CS[C@H]23)cc1)C(=O)OC(c1ccccc1)c1ccccc1. The smallest absolute Gasteiger partial charge is 0.411 e. The van der Waals surface area contributed by atoms with Gasteiger partial charge in [-0.25, -0.2) is 24.0 Å². The Labute approximate surface area is 412 Å². The number of esters is 2. The summed E-state index contributed by atoms with van der Waals surface area (Å²) in [6, 6.07) is 38.8. The topological polar surface area (TPSA) is 251 Å². The number of rotatable bonds is 17. The lowest BCUT2D eigenvalue weighted by Crippen LogP contribution is -2.71. The largest absolute Gasteiger partial charge is 0.451 e. The minimum Gasteiger partial charge on any atom is -0.451 e. The number of fused-ring (bicyclic) bond motifs is 1. The van der Waals surface area contributed by atoms with Crippen LogP contribution in [0.25, 0.3) is 0 Å². The van der Waals surface area contributed by atoms with Crippen molar-refractivity contribution in [2.24, 2.45) is 5.73 Å². The molecule has 0 aliphatic carbocycles. The first kappa shape index (κ1) is 50.7. The third kappa shape index (κ3) is 13.1. The van der Waals surface area contributed by atoms with Gasteiger partial charge in [0.2, 0.25) is 0 Å². The first-order valence-corrected chi connectivity index (χ1v) is 23.3. The number of alkyl carbamates (subject to hydrolysis) is 1. The first-order chi connectivity index (χ1) is 34.1. The van der Waals surface area contributed by atoms with Gasteiger partial charge in [0.25, 0.3) is 11.8 Å². The van der Waals surface area contributed by atoms with Crippen LogP contribution < -0.4 is 21.7 Å². The van der Waals surface area contributed by atoms with Crippen molar-refractivity contribution in [1.29, 1.82) is 0 Å². The van der Waals surface area contributed by atoms with Crippen LogP contribution in [0.1, 0.15) is 66.9 Å². The number of carbonyl (C=O) groups is 7. The summed E-state index contributed by atoms with van der Waals surface area (Å²) in [6.45, 7) is 3.88. The minimum atomic E-state index is -1.77. The number of nitrogens with two attached hydrogens (primary N) is 1. The van der Waals surface area contributed by atoms with E-state index in [9.17, 15) is 38.7 Å². The monoisotopic (exact) mass is 985 g/mol. The number of hydrogen-bond donors (Lipinski definition) is 5. The maximum absolute atomic E-state index is 14.1. The van der Waals surface area contributed by atoms with Gasteiger partial charge in [-0.05, 0) is 60.7 Å². The lowest BCUT2D eigenvalue weighted by Gasteiger charge is -2.49. The number of anilines is 1. The number of hydrogen-bond acceptors (Lipinski definition) is 14. The predicted octanol–water partition coefficient (Wildman–Crippen LogP) is 6.58. The molecular weight excluding hydrogens is 935 g/mol. The van der Waals surface area contributed by atoms with Crippen molar-refractivity contribution >= 4 is 59.5 Å². The van der Waals surface area contributed by atoms with Crippen molar-refractivity contribution in [3.8, 4) is 0 Å². The Morgan fingerprint density at radius 1 is 0.704 bits per heavy atom. The molecule has 71 heavy (non-hydrogen) atoms. The molecule has 1 fully saturated rings. The molecule has 7 rings (SSSR count). The van der Waals surface area contributed by atoms with Crippen LogP contribution in [0.5, 0.6) is 0 Å². The second-order valence-corrected chi connectivity index (χ2v) is 18.3. The van der Waals surface area contributed by atoms with Crippen LogP contribution in [0.4, 0.5) is 20.1 Å². The second-order valence-electron chi connectivity index (χ2n) is 17.1. The molecule has 2 aliphatic heterocycles. The van der Waals surface area contributed by atoms with Gasteiger partial charge in [-0.3, -0.25) is 19.8 Å². The van der Waals surface area contributed by atoms with E-state index in [0.29, 0.717) is 22.3 Å². The summed E-state index contributed by atoms with van der Waals surface area (Å²) in [6.07, 6.45) is -6.56. The van der Waals surface area contributed by atoms with Crippen molar-refractivity contribution in [2.75, 3.05) is 24.3 Å². The van der Waals surface area contributed by atoms with Gasteiger partial charge in [0.05, 0.1) is 0 Å². The molecule has 0 bridgehead atoms. The molecule has 4 atom stereocenters. The van der Waals surface area contributed by atoms with Crippen LogP contribution in [0.3, 0.4) is 0 Å². The van der Waals surface area contributed by atoms with Crippen LogP contribution in [0.2, 0.25) is 0 Å². The quantitative estimate of drug-likeness (QED) is 0.0375. The first-order valence-electron chi connectivity index (χ1n) is 22.3. The van der Waals surface area contributed by atoms with E-state index < -0.39 is 96.6 Å². The van der Waals surface area contributed by atoms with Crippen molar-refractivity contribution in [3.05, 3.63) is 185 Å². The van der Waals surface area contributed by atoms with Crippen LogP contribution in [0, 0.1) is 0 Å². The number of nitrogens with zero attached hydrogens (tertiary/aromatic N) is 1. The highest BCUT2D eigenvalue weighted by molar-refractivity contribution is 8.00. The van der Waals surface area contributed by atoms with Gasteiger partial charge < -0.3 is 45.2 Å². The number of primary amides is 1. The highest BCUT2D eigenvalue weighted by Gasteiger charge is 2.55. The van der Waals surface area contributed by atoms with Crippen molar-refractivity contribution < 1.29 is 62.4 Å². The van der Waals surface area contributed by atoms with Gasteiger partial charge in [0, 0.05) is 17.0 Å². The fourth-order valence-electron chi connectivity index (χ4n) is 7.53. The van der Waals surface area contributed by atoms with Crippen molar-refractivity contribution in [2.45, 2.75) is 62.1 Å². The summed E-state index contributed by atoms with van der Waals surface area (Å²) in [4.78, 5) is 93.7. The van der Waals surface area contributed by atoms with E-state index in [1.165, 1.54) is 40.9 Å². The number of amides is 5. The number of thioether (sulfide) groups is 1. The highest BCUT2D eigenvalue weighted by Crippen LogP contribution is 2.42. The Kier molecular flexibility index (Phi) is 16.4. The van der Waals surface area contributed by atoms with Gasteiger partial charge in [0.15, 0.2) is 24.4 Å². The Hall–Kier alpha value is -8.16. The second kappa shape index (κ2) is 23.0. The maximum Gasteiger partial charge on any atom is 0.411 e. The summed E-state index contributed by atoms with van der Waals surface area (Å²) >= 11 is 1.19. The number of nitrogens with one attached hydrogen (secondary N) is 3. The van der Waals surface area contributed by atoms with Gasteiger partial charge in [-0.15, -0.1) is 11.8 Å². The Balaban J connectivity index is 0.975. The van der Waals surface area contributed by atoms with E-state index in [0.717, 1.165) is 0 Å². The van der Waals surface area contributed by atoms with E-state index in [-0.39, 0.29) is 28.3 Å². The molecule has 6 N–H and O–H groups in total. The molecule has 5 aromatic carbocycles. The zero-order valence-corrected chi connectivity index (χ0v) is 39.5. The molecule has 1 unspecified atom stereocenters. The average Bonchev–Trinajstić information content (AvgIpc) is 3.37. The zero-order valence-electron chi connectivity index (χ0n) is 38.7. The normalized spacial score (nSPS) is 16.1. The molecule has 5 aromatic rings. The lowest BCUT2D eigenvalue weighted by atomic mass is 10.00. The Morgan fingerprint density at radius 3 is 1.70 bits per heavy atom. The summed E-state index contributed by atoms with van der Waals surface area (Å²) in [5.74, 6) is -3.28. The molecule has 0 spiro atoms.